The molecule has 0 fully saturated rings. The van der Waals surface area contributed by atoms with Crippen LogP contribution in [0.2, 0.25) is 0 Å². The van der Waals surface area contributed by atoms with Gasteiger partial charge in [0.25, 0.3) is 5.56 Å². The van der Waals surface area contributed by atoms with Crippen LogP contribution in [0, 0.1) is 5.82 Å². The van der Waals surface area contributed by atoms with Gasteiger partial charge in [-0.25, -0.2) is 4.39 Å². The number of pyridine rings is 1. The van der Waals surface area contributed by atoms with Gasteiger partial charge in [-0.15, -0.1) is 10.2 Å². The third-order valence-corrected chi connectivity index (χ3v) is 3.86. The van der Waals surface area contributed by atoms with E-state index in [1.54, 1.807) is 18.2 Å². The van der Waals surface area contributed by atoms with Crippen molar-refractivity contribution in [2.75, 3.05) is 0 Å². The Labute approximate surface area is 154 Å². The number of amides is 1. The summed E-state index contributed by atoms with van der Waals surface area (Å²) in [5, 5.41) is 10.6. The topological polar surface area (TPSA) is 90.0 Å². The van der Waals surface area contributed by atoms with Crippen LogP contribution in [0.15, 0.2) is 51.8 Å². The van der Waals surface area contributed by atoms with Crippen LogP contribution in [0.4, 0.5) is 4.39 Å². The first-order valence-corrected chi connectivity index (χ1v) is 8.48. The Kier molecular flexibility index (Phi) is 5.44. The van der Waals surface area contributed by atoms with Crippen LogP contribution in [-0.2, 0) is 17.9 Å². The molecule has 0 saturated carbocycles. The second-order valence-corrected chi connectivity index (χ2v) is 6.39. The summed E-state index contributed by atoms with van der Waals surface area (Å²) in [5.41, 5.74) is 0.853. The van der Waals surface area contributed by atoms with Crippen molar-refractivity contribution in [1.82, 2.24) is 20.1 Å². The molecule has 0 radical (unpaired) electrons. The van der Waals surface area contributed by atoms with Crippen LogP contribution in [0.1, 0.15) is 31.2 Å². The third kappa shape index (κ3) is 4.66. The summed E-state index contributed by atoms with van der Waals surface area (Å²) in [7, 11) is 0. The number of benzene rings is 1. The van der Waals surface area contributed by atoms with Gasteiger partial charge in [-0.3, -0.25) is 9.59 Å². The van der Waals surface area contributed by atoms with E-state index in [1.165, 1.54) is 29.0 Å². The van der Waals surface area contributed by atoms with Crippen molar-refractivity contribution in [3.63, 3.8) is 0 Å². The summed E-state index contributed by atoms with van der Waals surface area (Å²) in [4.78, 5) is 24.2. The van der Waals surface area contributed by atoms with E-state index in [0.29, 0.717) is 17.0 Å². The van der Waals surface area contributed by atoms with Gasteiger partial charge in [0, 0.05) is 24.7 Å². The molecular formula is C19H19FN4O3. The molecule has 0 aliphatic heterocycles. The summed E-state index contributed by atoms with van der Waals surface area (Å²) >= 11 is 0. The molecule has 27 heavy (non-hydrogen) atoms. The summed E-state index contributed by atoms with van der Waals surface area (Å²) in [6, 6.07) is 8.86. The number of carbonyl (C=O) groups excluding carboxylic acids is 1. The smallest absolute Gasteiger partial charge is 0.251 e. The van der Waals surface area contributed by atoms with Gasteiger partial charge in [0.05, 0.1) is 5.56 Å². The van der Waals surface area contributed by atoms with Gasteiger partial charge in [-0.1, -0.05) is 26.0 Å². The van der Waals surface area contributed by atoms with Crippen molar-refractivity contribution >= 4 is 5.91 Å². The fourth-order valence-corrected chi connectivity index (χ4v) is 2.42. The minimum Gasteiger partial charge on any atom is -0.420 e. The molecule has 0 atom stereocenters. The summed E-state index contributed by atoms with van der Waals surface area (Å²) in [6.07, 6.45) is 1.50. The lowest BCUT2D eigenvalue weighted by atomic mass is 10.2. The van der Waals surface area contributed by atoms with E-state index in [2.05, 4.69) is 15.5 Å². The Bertz CT molecular complexity index is 1010. The fourth-order valence-electron chi connectivity index (χ4n) is 2.42. The highest BCUT2D eigenvalue weighted by Gasteiger charge is 2.13. The van der Waals surface area contributed by atoms with E-state index in [4.69, 9.17) is 4.42 Å². The zero-order valence-electron chi connectivity index (χ0n) is 15.0. The second-order valence-electron chi connectivity index (χ2n) is 6.39. The molecule has 8 heteroatoms. The molecular weight excluding hydrogens is 351 g/mol. The van der Waals surface area contributed by atoms with Crippen molar-refractivity contribution < 1.29 is 13.6 Å². The predicted molar refractivity (Wildman–Crippen MR) is 96.3 cm³/mol. The number of rotatable bonds is 6. The minimum absolute atomic E-state index is 0.0887. The zero-order valence-corrected chi connectivity index (χ0v) is 15.0. The van der Waals surface area contributed by atoms with Crippen molar-refractivity contribution in [2.45, 2.75) is 32.9 Å². The number of hydrogen-bond donors (Lipinski definition) is 1. The first-order chi connectivity index (χ1) is 12.9. The van der Waals surface area contributed by atoms with Gasteiger partial charge in [0.1, 0.15) is 12.4 Å². The lowest BCUT2D eigenvalue weighted by Crippen LogP contribution is -2.31. The highest BCUT2D eigenvalue weighted by Crippen LogP contribution is 2.20. The maximum absolute atomic E-state index is 13.2. The number of hydrogen-bond acceptors (Lipinski definition) is 5. The number of aromatic nitrogens is 3. The number of nitrogens with zero attached hydrogens (tertiary/aromatic N) is 3. The maximum Gasteiger partial charge on any atom is 0.251 e. The van der Waals surface area contributed by atoms with E-state index >= 15 is 0 Å². The first kappa shape index (κ1) is 18.5. The molecule has 1 amide bonds. The monoisotopic (exact) mass is 370 g/mol. The normalized spacial score (nSPS) is 11.0. The van der Waals surface area contributed by atoms with Gasteiger partial charge in [-0.05, 0) is 23.8 Å². The molecule has 0 aliphatic rings. The molecule has 0 unspecified atom stereocenters. The average Bonchev–Trinajstić information content (AvgIpc) is 3.12. The molecule has 0 saturated heterocycles. The molecule has 3 aromatic rings. The maximum atomic E-state index is 13.2. The summed E-state index contributed by atoms with van der Waals surface area (Å²) in [5.74, 6) is 0.131. The summed E-state index contributed by atoms with van der Waals surface area (Å²) < 4.78 is 20.0. The number of halogens is 1. The van der Waals surface area contributed by atoms with Crippen molar-refractivity contribution in [3.05, 3.63) is 70.2 Å². The summed E-state index contributed by atoms with van der Waals surface area (Å²) in [6.45, 7) is 3.86. The van der Waals surface area contributed by atoms with E-state index < -0.39 is 0 Å². The van der Waals surface area contributed by atoms with E-state index in [0.717, 1.165) is 0 Å². The van der Waals surface area contributed by atoms with Gasteiger partial charge in [0.15, 0.2) is 0 Å². The van der Waals surface area contributed by atoms with Gasteiger partial charge >= 0.3 is 0 Å². The molecule has 0 spiro atoms. The van der Waals surface area contributed by atoms with Crippen molar-refractivity contribution in [3.8, 4) is 11.5 Å². The van der Waals surface area contributed by atoms with Crippen LogP contribution in [0.3, 0.4) is 0 Å². The fraction of sp³-hybridized carbons (Fsp3) is 0.263. The zero-order chi connectivity index (χ0) is 19.4. The van der Waals surface area contributed by atoms with Crippen molar-refractivity contribution in [1.29, 1.82) is 0 Å². The van der Waals surface area contributed by atoms with Gasteiger partial charge < -0.3 is 14.3 Å². The molecule has 2 aromatic heterocycles. The average molecular weight is 370 g/mol. The molecule has 1 N–H and O–H groups in total. The Balaban J connectivity index is 1.70. The molecule has 3 rings (SSSR count). The standard InChI is InChI=1S/C19H19FN4O3/c1-12(2)18-22-23-19(27-18)14-6-7-17(26)24(10-14)11-16(25)21-9-13-4-3-5-15(20)8-13/h3-8,10,12H,9,11H2,1-2H3,(H,21,25). The molecule has 0 bridgehead atoms. The highest BCUT2D eigenvalue weighted by atomic mass is 19.1. The Hall–Kier alpha value is -3.29. The third-order valence-electron chi connectivity index (χ3n) is 3.86. The van der Waals surface area contributed by atoms with Crippen LogP contribution in [0.5, 0.6) is 0 Å². The van der Waals surface area contributed by atoms with Gasteiger partial charge in [-0.2, -0.15) is 0 Å². The Morgan fingerprint density at radius 1 is 1.26 bits per heavy atom. The van der Waals surface area contributed by atoms with Gasteiger partial charge in [0.2, 0.25) is 17.7 Å². The van der Waals surface area contributed by atoms with E-state index in [-0.39, 0.29) is 42.2 Å². The first-order valence-electron chi connectivity index (χ1n) is 8.48. The van der Waals surface area contributed by atoms with Crippen LogP contribution >= 0.6 is 0 Å². The van der Waals surface area contributed by atoms with Crippen LogP contribution < -0.4 is 10.9 Å². The lowest BCUT2D eigenvalue weighted by molar-refractivity contribution is -0.121. The largest absolute Gasteiger partial charge is 0.420 e. The van der Waals surface area contributed by atoms with Crippen molar-refractivity contribution in [2.24, 2.45) is 0 Å². The molecule has 1 aromatic carbocycles. The highest BCUT2D eigenvalue weighted by molar-refractivity contribution is 5.75. The number of nitrogens with one attached hydrogen (secondary N) is 1. The minimum atomic E-state index is -0.369. The quantitative estimate of drug-likeness (QED) is 0.720. The lowest BCUT2D eigenvalue weighted by Gasteiger charge is -2.08. The number of carbonyl (C=O) groups is 1. The molecule has 2 heterocycles. The van der Waals surface area contributed by atoms with E-state index in [1.807, 2.05) is 13.8 Å². The van der Waals surface area contributed by atoms with Crippen LogP contribution in [-0.4, -0.2) is 20.7 Å². The Morgan fingerprint density at radius 3 is 2.78 bits per heavy atom. The molecule has 0 aliphatic carbocycles. The molecule has 140 valence electrons. The second kappa shape index (κ2) is 7.94. The predicted octanol–water partition coefficient (Wildman–Crippen LogP) is 2.48. The SMILES string of the molecule is CC(C)c1nnc(-c2ccc(=O)n(CC(=O)NCc3cccc(F)c3)c2)o1. The molecule has 7 nitrogen and oxygen atoms in total. The van der Waals surface area contributed by atoms with E-state index in [9.17, 15) is 14.0 Å². The Morgan fingerprint density at radius 2 is 2.07 bits per heavy atom. The van der Waals surface area contributed by atoms with Crippen LogP contribution in [0.25, 0.3) is 11.5 Å².